The normalized spacial score (nSPS) is 16.4. The molecule has 0 saturated carbocycles. The second-order valence-electron chi connectivity index (χ2n) is 10.0. The highest BCUT2D eigenvalue weighted by Gasteiger charge is 2.33. The summed E-state index contributed by atoms with van der Waals surface area (Å²) in [6, 6.07) is 16.9. The molecule has 0 bridgehead atoms. The quantitative estimate of drug-likeness (QED) is 0.822. The lowest BCUT2D eigenvalue weighted by Crippen LogP contribution is -3.13. The van der Waals surface area contributed by atoms with Crippen molar-refractivity contribution in [3.8, 4) is 5.75 Å². The molecule has 2 N–H and O–H groups in total. The number of nitrogens with one attached hydrogen (secondary N) is 1. The van der Waals surface area contributed by atoms with Gasteiger partial charge < -0.3 is 14.9 Å². The molecular formula is C25H37N2O+. The molecule has 28 heavy (non-hydrogen) atoms. The number of piperazine rings is 1. The Labute approximate surface area is 171 Å². The molecule has 0 aliphatic carbocycles. The Kier molecular flexibility index (Phi) is 6.04. The molecule has 1 fully saturated rings. The van der Waals surface area contributed by atoms with Crippen molar-refractivity contribution in [2.75, 3.05) is 31.1 Å². The van der Waals surface area contributed by atoms with Crippen molar-refractivity contribution in [1.29, 1.82) is 0 Å². The van der Waals surface area contributed by atoms with Crippen molar-refractivity contribution in [2.45, 2.75) is 47.6 Å². The molecule has 0 radical (unpaired) electrons. The van der Waals surface area contributed by atoms with Crippen LogP contribution in [0.15, 0.2) is 48.5 Å². The third kappa shape index (κ3) is 4.88. The molecule has 2 aromatic rings. The van der Waals surface area contributed by atoms with Gasteiger partial charge in [-0.3, -0.25) is 0 Å². The van der Waals surface area contributed by atoms with E-state index in [9.17, 15) is 5.11 Å². The molecule has 152 valence electrons. The minimum absolute atomic E-state index is 0.204. The monoisotopic (exact) mass is 381 g/mol. The summed E-state index contributed by atoms with van der Waals surface area (Å²) in [5, 5.41) is 10.4. The summed E-state index contributed by atoms with van der Waals surface area (Å²) in [6.45, 7) is 16.9. The van der Waals surface area contributed by atoms with Crippen LogP contribution in [-0.4, -0.2) is 31.3 Å². The number of phenols is 1. The van der Waals surface area contributed by atoms with E-state index < -0.39 is 0 Å². The fourth-order valence-corrected chi connectivity index (χ4v) is 3.83. The van der Waals surface area contributed by atoms with Gasteiger partial charge in [-0.1, -0.05) is 58.9 Å². The van der Waals surface area contributed by atoms with Gasteiger partial charge in [0.1, 0.15) is 12.3 Å². The molecule has 1 heterocycles. The Bertz CT molecular complexity index is 769. The van der Waals surface area contributed by atoms with Crippen LogP contribution in [0.5, 0.6) is 5.75 Å². The summed E-state index contributed by atoms with van der Waals surface area (Å²) in [5.41, 5.74) is 4.18. The highest BCUT2D eigenvalue weighted by Crippen LogP contribution is 2.40. The highest BCUT2D eigenvalue weighted by molar-refractivity contribution is 5.46. The van der Waals surface area contributed by atoms with E-state index in [1.165, 1.54) is 11.3 Å². The Morgan fingerprint density at radius 1 is 0.929 bits per heavy atom. The number of quaternary nitrogens is 1. The van der Waals surface area contributed by atoms with Gasteiger partial charge in [-0.2, -0.15) is 0 Å². The maximum Gasteiger partial charge on any atom is 0.124 e. The molecule has 0 unspecified atom stereocenters. The zero-order valence-electron chi connectivity index (χ0n) is 18.3. The average molecular weight is 382 g/mol. The first-order valence-electron chi connectivity index (χ1n) is 10.6. The average Bonchev–Trinajstić information content (AvgIpc) is 2.65. The Morgan fingerprint density at radius 2 is 1.57 bits per heavy atom. The van der Waals surface area contributed by atoms with E-state index in [1.54, 1.807) is 4.90 Å². The van der Waals surface area contributed by atoms with Gasteiger partial charge in [-0.25, -0.2) is 0 Å². The Balaban J connectivity index is 1.63. The molecule has 1 aliphatic heterocycles. The van der Waals surface area contributed by atoms with Crippen molar-refractivity contribution in [3.63, 3.8) is 0 Å². The van der Waals surface area contributed by atoms with Gasteiger partial charge in [0.25, 0.3) is 0 Å². The zero-order chi connectivity index (χ0) is 20.4. The predicted molar refractivity (Wildman–Crippen MR) is 118 cm³/mol. The van der Waals surface area contributed by atoms with Gasteiger partial charge in [0.05, 0.1) is 26.2 Å². The predicted octanol–water partition coefficient (Wildman–Crippen LogP) is 3.91. The molecule has 0 atom stereocenters. The van der Waals surface area contributed by atoms with Crippen LogP contribution >= 0.6 is 0 Å². The molecular weight excluding hydrogens is 344 g/mol. The molecule has 3 heteroatoms. The molecule has 3 nitrogen and oxygen atoms in total. The van der Waals surface area contributed by atoms with Crippen LogP contribution in [0.4, 0.5) is 5.69 Å². The van der Waals surface area contributed by atoms with Crippen LogP contribution < -0.4 is 9.80 Å². The summed E-state index contributed by atoms with van der Waals surface area (Å²) in [5.74, 6) is 0.440. The second-order valence-corrected chi connectivity index (χ2v) is 10.0. The first kappa shape index (κ1) is 20.7. The van der Waals surface area contributed by atoms with Crippen molar-refractivity contribution in [3.05, 3.63) is 59.7 Å². The number of phenolic OH excluding ortho intramolecular Hbond substituents is 1. The van der Waals surface area contributed by atoms with Crippen LogP contribution in [0.2, 0.25) is 0 Å². The number of anilines is 1. The summed E-state index contributed by atoms with van der Waals surface area (Å²) in [7, 11) is 0. The summed E-state index contributed by atoms with van der Waals surface area (Å²) >= 11 is 0. The lowest BCUT2D eigenvalue weighted by Gasteiger charge is -2.39. The van der Waals surface area contributed by atoms with Gasteiger partial charge in [-0.15, -0.1) is 0 Å². The standard InChI is InChI=1S/C25H36N2O/c1-24(2,3)25(4,5)18-20-11-12-23(28)21(17-20)19-26-13-15-27(16-14-26)22-9-7-6-8-10-22/h6-12,17,28H,13-16,18-19H2,1-5H3/p+1. The second kappa shape index (κ2) is 8.16. The molecule has 1 aliphatic rings. The van der Waals surface area contributed by atoms with Crippen LogP contribution in [0.25, 0.3) is 0 Å². The fourth-order valence-electron chi connectivity index (χ4n) is 3.83. The SMILES string of the molecule is CC(C)(C)C(C)(C)Cc1ccc(O)c(C[NH+]2CCN(c3ccccc3)CC2)c1. The number of benzene rings is 2. The number of nitrogens with zero attached hydrogens (tertiary/aromatic N) is 1. The fraction of sp³-hybridized carbons (Fsp3) is 0.520. The minimum Gasteiger partial charge on any atom is -0.507 e. The Hall–Kier alpha value is -2.00. The Morgan fingerprint density at radius 3 is 2.18 bits per heavy atom. The molecule has 1 saturated heterocycles. The van der Waals surface area contributed by atoms with E-state index in [-0.39, 0.29) is 10.8 Å². The van der Waals surface area contributed by atoms with Crippen LogP contribution in [0.1, 0.15) is 45.7 Å². The van der Waals surface area contributed by atoms with E-state index >= 15 is 0 Å². The summed E-state index contributed by atoms with van der Waals surface area (Å²) in [4.78, 5) is 4.01. The number of para-hydroxylation sites is 1. The molecule has 0 spiro atoms. The number of hydrogen-bond donors (Lipinski definition) is 2. The topological polar surface area (TPSA) is 27.9 Å². The minimum atomic E-state index is 0.204. The van der Waals surface area contributed by atoms with Gasteiger partial charge in [0.2, 0.25) is 0 Å². The number of rotatable bonds is 5. The van der Waals surface area contributed by atoms with E-state index in [0.29, 0.717) is 5.75 Å². The van der Waals surface area contributed by atoms with Crippen molar-refractivity contribution in [1.82, 2.24) is 0 Å². The van der Waals surface area contributed by atoms with Crippen molar-refractivity contribution >= 4 is 5.69 Å². The highest BCUT2D eigenvalue weighted by atomic mass is 16.3. The van der Waals surface area contributed by atoms with Gasteiger partial charge in [-0.05, 0) is 47.1 Å². The molecule has 0 aromatic heterocycles. The van der Waals surface area contributed by atoms with Crippen molar-refractivity contribution in [2.24, 2.45) is 10.8 Å². The maximum atomic E-state index is 10.4. The number of hydrogen-bond acceptors (Lipinski definition) is 2. The first-order valence-corrected chi connectivity index (χ1v) is 10.6. The van der Waals surface area contributed by atoms with Crippen LogP contribution in [0.3, 0.4) is 0 Å². The third-order valence-corrected chi connectivity index (χ3v) is 6.85. The number of aromatic hydroxyl groups is 1. The molecule has 2 aromatic carbocycles. The first-order chi connectivity index (χ1) is 13.2. The summed E-state index contributed by atoms with van der Waals surface area (Å²) < 4.78 is 0. The van der Waals surface area contributed by atoms with E-state index in [1.807, 2.05) is 6.07 Å². The largest absolute Gasteiger partial charge is 0.507 e. The van der Waals surface area contributed by atoms with Gasteiger partial charge >= 0.3 is 0 Å². The smallest absolute Gasteiger partial charge is 0.124 e. The van der Waals surface area contributed by atoms with Crippen molar-refractivity contribution < 1.29 is 10.0 Å². The summed E-state index contributed by atoms with van der Waals surface area (Å²) in [6.07, 6.45) is 1.03. The zero-order valence-corrected chi connectivity index (χ0v) is 18.3. The third-order valence-electron chi connectivity index (χ3n) is 6.85. The molecule has 0 amide bonds. The molecule has 3 rings (SSSR count). The van der Waals surface area contributed by atoms with E-state index in [4.69, 9.17) is 0 Å². The van der Waals surface area contributed by atoms with Crippen LogP contribution in [0, 0.1) is 10.8 Å². The van der Waals surface area contributed by atoms with Gasteiger partial charge in [0, 0.05) is 11.3 Å². The van der Waals surface area contributed by atoms with Crippen LogP contribution in [-0.2, 0) is 13.0 Å². The lowest BCUT2D eigenvalue weighted by molar-refractivity contribution is -0.914. The maximum absolute atomic E-state index is 10.4. The van der Waals surface area contributed by atoms with E-state index in [2.05, 4.69) is 82.0 Å². The van der Waals surface area contributed by atoms with E-state index in [0.717, 1.165) is 44.7 Å². The van der Waals surface area contributed by atoms with Gasteiger partial charge in [0.15, 0.2) is 0 Å². The lowest BCUT2D eigenvalue weighted by atomic mass is 9.66.